The summed E-state index contributed by atoms with van der Waals surface area (Å²) in [5, 5.41) is 22.2. The third-order valence-electron chi connectivity index (χ3n) is 8.11. The zero-order chi connectivity index (χ0) is 28.2. The first kappa shape index (κ1) is 23.9. The highest BCUT2D eigenvalue weighted by atomic mass is 15.2. The van der Waals surface area contributed by atoms with Gasteiger partial charge in [-0.2, -0.15) is 10.5 Å². The minimum Gasteiger partial charge on any atom is -0.294 e. The summed E-state index contributed by atoms with van der Waals surface area (Å²) in [4.78, 5) is 10.1. The summed E-state index contributed by atoms with van der Waals surface area (Å²) >= 11 is 0. The van der Waals surface area contributed by atoms with Crippen LogP contribution in [0.3, 0.4) is 0 Å². The van der Waals surface area contributed by atoms with Gasteiger partial charge >= 0.3 is 0 Å². The summed E-state index contributed by atoms with van der Waals surface area (Å²) in [7, 11) is 0. The van der Waals surface area contributed by atoms with E-state index in [2.05, 4.69) is 63.8 Å². The Balaban J connectivity index is 1.47. The van der Waals surface area contributed by atoms with Gasteiger partial charge in [-0.25, -0.2) is 9.97 Å². The maximum atomic E-state index is 9.62. The quantitative estimate of drug-likeness (QED) is 0.229. The average molecular weight is 539 g/mol. The molecule has 8 rings (SSSR count). The second-order valence-corrected chi connectivity index (χ2v) is 10.5. The van der Waals surface area contributed by atoms with Crippen molar-refractivity contribution >= 4 is 38.9 Å². The van der Waals surface area contributed by atoms with Crippen molar-refractivity contribution in [1.82, 2.24) is 19.1 Å². The first-order chi connectivity index (χ1) is 20.7. The largest absolute Gasteiger partial charge is 0.294 e. The average Bonchev–Trinajstić information content (AvgIpc) is 3.57. The monoisotopic (exact) mass is 538 g/mol. The highest BCUT2D eigenvalue weighted by Crippen LogP contribution is 2.36. The van der Waals surface area contributed by atoms with Gasteiger partial charge in [0.15, 0.2) is 0 Å². The molecule has 42 heavy (non-hydrogen) atoms. The van der Waals surface area contributed by atoms with Crippen LogP contribution in [-0.2, 0) is 6.42 Å². The predicted octanol–water partition coefficient (Wildman–Crippen LogP) is 7.89. The van der Waals surface area contributed by atoms with E-state index in [0.717, 1.165) is 68.4 Å². The number of rotatable bonds is 3. The molecule has 196 valence electrons. The zero-order valence-corrected chi connectivity index (χ0v) is 22.5. The van der Waals surface area contributed by atoms with Gasteiger partial charge in [0.2, 0.25) is 0 Å². The van der Waals surface area contributed by atoms with Gasteiger partial charge in [0.05, 0.1) is 34.3 Å². The van der Waals surface area contributed by atoms with Crippen LogP contribution in [0.2, 0.25) is 0 Å². The van der Waals surface area contributed by atoms with Crippen molar-refractivity contribution in [3.05, 3.63) is 126 Å². The highest BCUT2D eigenvalue weighted by molar-refractivity contribution is 6.09. The molecule has 7 aromatic rings. The summed E-state index contributed by atoms with van der Waals surface area (Å²) in [6.45, 7) is 0. The number of hydrogen-bond acceptors (Lipinski definition) is 4. The fourth-order valence-electron chi connectivity index (χ4n) is 6.21. The smallest absolute Gasteiger partial charge is 0.146 e. The molecular weight excluding hydrogens is 516 g/mol. The van der Waals surface area contributed by atoms with E-state index in [4.69, 9.17) is 9.97 Å². The van der Waals surface area contributed by atoms with Crippen LogP contribution in [0.1, 0.15) is 28.8 Å². The number of hydrogen-bond donors (Lipinski definition) is 0. The van der Waals surface area contributed by atoms with E-state index in [0.29, 0.717) is 11.1 Å². The fourth-order valence-corrected chi connectivity index (χ4v) is 6.21. The summed E-state index contributed by atoms with van der Waals surface area (Å²) in [6, 6.07) is 34.5. The van der Waals surface area contributed by atoms with Gasteiger partial charge < -0.3 is 0 Å². The third kappa shape index (κ3) is 3.56. The number of benzene rings is 3. The Labute approximate surface area is 241 Å². The molecule has 4 aromatic heterocycles. The van der Waals surface area contributed by atoms with Crippen molar-refractivity contribution in [2.24, 2.45) is 0 Å². The van der Waals surface area contributed by atoms with Gasteiger partial charge in [0.1, 0.15) is 17.3 Å². The molecule has 0 N–H and O–H groups in total. The van der Waals surface area contributed by atoms with Gasteiger partial charge in [-0.05, 0) is 84.6 Å². The Bertz CT molecular complexity index is 2320. The number of nitriles is 2. The minimum atomic E-state index is 0.616. The third-order valence-corrected chi connectivity index (χ3v) is 8.11. The molecule has 3 aromatic carbocycles. The SMILES string of the molecule is N#Cc1ccc(-c2cc(-n3c4c(c5cccnc53)C=CCC4)nc(-n3c4ccccc4c4cc(C#N)ccc43)c2)cc1. The lowest BCUT2D eigenvalue weighted by Crippen LogP contribution is -2.08. The van der Waals surface area contributed by atoms with Crippen molar-refractivity contribution < 1.29 is 0 Å². The van der Waals surface area contributed by atoms with Gasteiger partial charge in [-0.3, -0.25) is 9.13 Å². The maximum Gasteiger partial charge on any atom is 0.146 e. The Kier molecular flexibility index (Phi) is 5.28. The van der Waals surface area contributed by atoms with E-state index in [1.807, 2.05) is 66.9 Å². The Morgan fingerprint density at radius 2 is 1.40 bits per heavy atom. The van der Waals surface area contributed by atoms with Crippen LogP contribution in [0, 0.1) is 22.7 Å². The first-order valence-electron chi connectivity index (χ1n) is 13.8. The number of para-hydroxylation sites is 1. The van der Waals surface area contributed by atoms with Crippen LogP contribution in [0.4, 0.5) is 0 Å². The first-order valence-corrected chi connectivity index (χ1v) is 13.8. The van der Waals surface area contributed by atoms with E-state index in [1.165, 1.54) is 11.3 Å². The molecule has 4 heterocycles. The highest BCUT2D eigenvalue weighted by Gasteiger charge is 2.22. The van der Waals surface area contributed by atoms with E-state index < -0.39 is 0 Å². The summed E-state index contributed by atoms with van der Waals surface area (Å²) < 4.78 is 4.38. The molecule has 0 saturated carbocycles. The molecular formula is C36H22N6. The van der Waals surface area contributed by atoms with E-state index in [-0.39, 0.29) is 0 Å². The molecule has 1 aliphatic carbocycles. The maximum absolute atomic E-state index is 9.62. The van der Waals surface area contributed by atoms with Crippen molar-refractivity contribution in [2.75, 3.05) is 0 Å². The number of aromatic nitrogens is 4. The number of fused-ring (bicyclic) bond motifs is 6. The van der Waals surface area contributed by atoms with Crippen LogP contribution < -0.4 is 0 Å². The molecule has 0 fully saturated rings. The molecule has 0 amide bonds. The van der Waals surface area contributed by atoms with Crippen molar-refractivity contribution in [2.45, 2.75) is 12.8 Å². The van der Waals surface area contributed by atoms with Crippen LogP contribution in [0.25, 0.3) is 61.7 Å². The second-order valence-electron chi connectivity index (χ2n) is 10.5. The predicted molar refractivity (Wildman–Crippen MR) is 165 cm³/mol. The number of nitrogens with zero attached hydrogens (tertiary/aromatic N) is 6. The topological polar surface area (TPSA) is 83.2 Å². The van der Waals surface area contributed by atoms with Gasteiger partial charge in [0, 0.05) is 33.6 Å². The molecule has 6 heteroatoms. The minimum absolute atomic E-state index is 0.616. The molecule has 0 atom stereocenters. The zero-order valence-electron chi connectivity index (χ0n) is 22.5. The molecule has 0 unspecified atom stereocenters. The lowest BCUT2D eigenvalue weighted by Gasteiger charge is -2.16. The van der Waals surface area contributed by atoms with Crippen molar-refractivity contribution in [3.8, 4) is 34.9 Å². The number of pyridine rings is 2. The molecule has 0 spiro atoms. The Morgan fingerprint density at radius 1 is 0.667 bits per heavy atom. The van der Waals surface area contributed by atoms with Crippen LogP contribution in [0.5, 0.6) is 0 Å². The van der Waals surface area contributed by atoms with Crippen LogP contribution >= 0.6 is 0 Å². The van der Waals surface area contributed by atoms with Crippen molar-refractivity contribution in [1.29, 1.82) is 10.5 Å². The molecule has 0 bridgehead atoms. The van der Waals surface area contributed by atoms with Crippen LogP contribution in [0.15, 0.2) is 103 Å². The number of allylic oxidation sites excluding steroid dienone is 1. The summed E-state index contributed by atoms with van der Waals surface area (Å²) in [5.41, 5.74) is 8.47. The van der Waals surface area contributed by atoms with Crippen LogP contribution in [-0.4, -0.2) is 19.1 Å². The van der Waals surface area contributed by atoms with Gasteiger partial charge in [-0.15, -0.1) is 0 Å². The second kappa shape index (κ2) is 9.30. The standard InChI is InChI=1S/C36H22N6/c37-21-23-11-14-25(15-12-23)26-19-34(41-31-9-3-2-7-28(31)30-18-24(22-38)13-16-33(30)41)40-35(20-26)42-32-10-4-1-6-27(32)29-8-5-17-39-36(29)42/h1-3,5-9,11-20H,4,10H2. The Hall–Kier alpha value is -5.98. The molecule has 0 aliphatic heterocycles. The van der Waals surface area contributed by atoms with E-state index in [1.54, 1.807) is 0 Å². The molecule has 1 aliphatic rings. The summed E-state index contributed by atoms with van der Waals surface area (Å²) in [5.74, 6) is 1.55. The normalized spacial score (nSPS) is 12.4. The molecule has 0 radical (unpaired) electrons. The van der Waals surface area contributed by atoms with Crippen molar-refractivity contribution in [3.63, 3.8) is 0 Å². The fraction of sp³-hybridized carbons (Fsp3) is 0.0556. The molecule has 6 nitrogen and oxygen atoms in total. The molecule has 0 saturated heterocycles. The summed E-state index contributed by atoms with van der Waals surface area (Å²) in [6.07, 6.45) is 8.11. The van der Waals surface area contributed by atoms with E-state index in [9.17, 15) is 10.5 Å². The lowest BCUT2D eigenvalue weighted by atomic mass is 10.0. The van der Waals surface area contributed by atoms with Gasteiger partial charge in [0.25, 0.3) is 0 Å². The lowest BCUT2D eigenvalue weighted by molar-refractivity contribution is 0.860. The Morgan fingerprint density at radius 3 is 2.24 bits per heavy atom. The van der Waals surface area contributed by atoms with Gasteiger partial charge in [-0.1, -0.05) is 42.5 Å². The van der Waals surface area contributed by atoms with E-state index >= 15 is 0 Å².